The van der Waals surface area contributed by atoms with Crippen LogP contribution in [0.1, 0.15) is 6.92 Å². The molecule has 0 N–H and O–H groups in total. The Bertz CT molecular complexity index is 713. The van der Waals surface area contributed by atoms with Crippen LogP contribution in [0.15, 0.2) is 66.5 Å². The fourth-order valence-electron chi connectivity index (χ4n) is 2.66. The molecule has 104 valence electrons. The van der Waals surface area contributed by atoms with E-state index in [0.29, 0.717) is 5.70 Å². The summed E-state index contributed by atoms with van der Waals surface area (Å²) in [7, 11) is 1.95. The minimum Gasteiger partial charge on any atom is -0.344 e. The zero-order valence-corrected chi connectivity index (χ0v) is 12.2. The minimum absolute atomic E-state index is 0.129. The predicted octanol–water partition coefficient (Wildman–Crippen LogP) is 3.82. The van der Waals surface area contributed by atoms with Gasteiger partial charge in [0, 0.05) is 18.8 Å². The van der Waals surface area contributed by atoms with Crippen LogP contribution >= 0.6 is 0 Å². The highest BCUT2D eigenvalue weighted by Crippen LogP contribution is 2.35. The highest BCUT2D eigenvalue weighted by molar-refractivity contribution is 5.80. The van der Waals surface area contributed by atoms with Crippen LogP contribution in [0, 0.1) is 11.3 Å². The molecule has 3 heteroatoms. The molecule has 21 heavy (non-hydrogen) atoms. The van der Waals surface area contributed by atoms with E-state index in [1.54, 1.807) is 0 Å². The van der Waals surface area contributed by atoms with E-state index in [1.165, 1.54) is 11.1 Å². The van der Waals surface area contributed by atoms with Crippen molar-refractivity contribution in [3.63, 3.8) is 0 Å². The average Bonchev–Trinajstić information content (AvgIpc) is 2.83. The zero-order valence-electron chi connectivity index (χ0n) is 12.2. The van der Waals surface area contributed by atoms with Gasteiger partial charge in [-0.2, -0.15) is 5.26 Å². The second kappa shape index (κ2) is 5.34. The number of allylic oxidation sites excluding steroid dienone is 1. The molecule has 3 nitrogen and oxygen atoms in total. The first-order valence-electron chi connectivity index (χ1n) is 7.00. The van der Waals surface area contributed by atoms with E-state index < -0.39 is 0 Å². The van der Waals surface area contributed by atoms with Crippen LogP contribution in [0.2, 0.25) is 0 Å². The number of hydrogen-bond donors (Lipinski definition) is 0. The van der Waals surface area contributed by atoms with Crippen LogP contribution in [-0.4, -0.2) is 18.1 Å². The molecule has 0 saturated heterocycles. The zero-order chi connectivity index (χ0) is 14.8. The molecular formula is C18H17N3. The van der Waals surface area contributed by atoms with Gasteiger partial charge in [0.1, 0.15) is 17.9 Å². The molecule has 0 radical (unpaired) electrons. The minimum atomic E-state index is 0.129. The van der Waals surface area contributed by atoms with Crippen molar-refractivity contribution in [1.82, 2.24) is 4.90 Å². The van der Waals surface area contributed by atoms with Crippen LogP contribution in [0.3, 0.4) is 0 Å². The van der Waals surface area contributed by atoms with Crippen LogP contribution in [0.5, 0.6) is 0 Å². The van der Waals surface area contributed by atoms with Crippen LogP contribution in [-0.2, 0) is 0 Å². The quantitative estimate of drug-likeness (QED) is 0.834. The first-order chi connectivity index (χ1) is 10.2. The third-order valence-electron chi connectivity index (χ3n) is 3.99. The Morgan fingerprint density at radius 3 is 2.33 bits per heavy atom. The van der Waals surface area contributed by atoms with E-state index in [9.17, 15) is 5.26 Å². The molecule has 2 aromatic rings. The summed E-state index contributed by atoms with van der Waals surface area (Å²) in [5.74, 6) is 0. The summed E-state index contributed by atoms with van der Waals surface area (Å²) in [6, 6.07) is 20.9. The van der Waals surface area contributed by atoms with Gasteiger partial charge >= 0.3 is 0 Å². The van der Waals surface area contributed by atoms with Gasteiger partial charge in [-0.15, -0.1) is 0 Å². The van der Waals surface area contributed by atoms with Crippen molar-refractivity contribution in [2.45, 2.75) is 13.1 Å². The number of nitriles is 1. The molecule has 0 saturated carbocycles. The first-order valence-corrected chi connectivity index (χ1v) is 7.00. The van der Waals surface area contributed by atoms with E-state index in [-0.39, 0.29) is 6.17 Å². The molecule has 1 heterocycles. The molecule has 0 spiro atoms. The lowest BCUT2D eigenvalue weighted by Crippen LogP contribution is -2.34. The van der Waals surface area contributed by atoms with Crippen molar-refractivity contribution in [3.8, 4) is 17.2 Å². The molecule has 0 fully saturated rings. The van der Waals surface area contributed by atoms with Gasteiger partial charge in [0.2, 0.25) is 0 Å². The third-order valence-corrected chi connectivity index (χ3v) is 3.99. The second-order valence-electron chi connectivity index (χ2n) is 5.16. The lowest BCUT2D eigenvalue weighted by molar-refractivity contribution is 0.367. The van der Waals surface area contributed by atoms with Gasteiger partial charge < -0.3 is 9.80 Å². The highest BCUT2D eigenvalue weighted by Gasteiger charge is 2.27. The maximum absolute atomic E-state index is 9.22. The Kier molecular flexibility index (Phi) is 3.37. The van der Waals surface area contributed by atoms with Crippen molar-refractivity contribution in [3.05, 3.63) is 66.5 Å². The van der Waals surface area contributed by atoms with Gasteiger partial charge in [0.05, 0.1) is 5.69 Å². The molecule has 2 aromatic carbocycles. The summed E-state index contributed by atoms with van der Waals surface area (Å²) in [6.07, 6.45) is 2.05. The van der Waals surface area contributed by atoms with E-state index >= 15 is 0 Å². The smallest absolute Gasteiger partial charge is 0.134 e. The molecule has 0 amide bonds. The Hall–Kier alpha value is -2.73. The normalized spacial score (nSPS) is 17.6. The maximum atomic E-state index is 9.22. The molecule has 1 atom stereocenters. The maximum Gasteiger partial charge on any atom is 0.134 e. The van der Waals surface area contributed by atoms with Gasteiger partial charge in [-0.3, -0.25) is 0 Å². The van der Waals surface area contributed by atoms with Crippen LogP contribution < -0.4 is 4.90 Å². The SMILES string of the molecule is C[C@H]1N(C)C(C#N)=CN1c1ccccc1-c1ccccc1. The molecule has 3 rings (SSSR count). The standard InChI is InChI=1S/C18H17N3/c1-14-20(2)16(12-19)13-21(14)18-11-7-6-10-17(18)15-8-4-3-5-9-15/h3-11,13-14H,1-2H3/t14-/m0/s1. The average molecular weight is 275 g/mol. The van der Waals surface area contributed by atoms with Crippen molar-refractivity contribution in [2.24, 2.45) is 0 Å². The number of anilines is 1. The number of rotatable bonds is 2. The summed E-state index contributed by atoms with van der Waals surface area (Å²) in [4.78, 5) is 4.14. The number of para-hydroxylation sites is 1. The summed E-state index contributed by atoms with van der Waals surface area (Å²) >= 11 is 0. The van der Waals surface area contributed by atoms with Gasteiger partial charge in [-0.25, -0.2) is 0 Å². The summed E-state index contributed by atoms with van der Waals surface area (Å²) in [5.41, 5.74) is 4.16. The van der Waals surface area contributed by atoms with E-state index in [1.807, 2.05) is 48.5 Å². The largest absolute Gasteiger partial charge is 0.344 e. The number of nitrogens with zero attached hydrogens (tertiary/aromatic N) is 3. The number of benzene rings is 2. The monoisotopic (exact) mass is 275 g/mol. The Balaban J connectivity index is 2.09. The Morgan fingerprint density at radius 1 is 1.00 bits per heavy atom. The van der Waals surface area contributed by atoms with Crippen molar-refractivity contribution >= 4 is 5.69 Å². The second-order valence-corrected chi connectivity index (χ2v) is 5.16. The molecule has 0 unspecified atom stereocenters. The fourth-order valence-corrected chi connectivity index (χ4v) is 2.66. The van der Waals surface area contributed by atoms with E-state index in [0.717, 1.165) is 5.69 Å². The molecule has 0 bridgehead atoms. The summed E-state index contributed by atoms with van der Waals surface area (Å²) in [5, 5.41) is 9.22. The molecule has 0 aromatic heterocycles. The van der Waals surface area contributed by atoms with E-state index in [4.69, 9.17) is 0 Å². The summed E-state index contributed by atoms with van der Waals surface area (Å²) in [6.45, 7) is 2.10. The molecular weight excluding hydrogens is 258 g/mol. The first kappa shape index (κ1) is 13.3. The van der Waals surface area contributed by atoms with Crippen molar-refractivity contribution < 1.29 is 0 Å². The molecule has 1 aliphatic rings. The third kappa shape index (κ3) is 2.25. The number of hydrogen-bond acceptors (Lipinski definition) is 3. The predicted molar refractivity (Wildman–Crippen MR) is 85.3 cm³/mol. The highest BCUT2D eigenvalue weighted by atomic mass is 15.4. The van der Waals surface area contributed by atoms with Gasteiger partial charge in [0.25, 0.3) is 0 Å². The lowest BCUT2D eigenvalue weighted by Gasteiger charge is -2.29. The topological polar surface area (TPSA) is 30.3 Å². The van der Waals surface area contributed by atoms with Gasteiger partial charge in [0.15, 0.2) is 0 Å². The molecule has 0 aliphatic carbocycles. The van der Waals surface area contributed by atoms with Crippen molar-refractivity contribution in [2.75, 3.05) is 11.9 Å². The fraction of sp³-hybridized carbons (Fsp3) is 0.167. The van der Waals surface area contributed by atoms with Gasteiger partial charge in [-0.1, -0.05) is 48.5 Å². The van der Waals surface area contributed by atoms with Crippen LogP contribution in [0.25, 0.3) is 11.1 Å². The molecule has 1 aliphatic heterocycles. The summed E-state index contributed by atoms with van der Waals surface area (Å²) < 4.78 is 0. The van der Waals surface area contributed by atoms with Crippen LogP contribution in [0.4, 0.5) is 5.69 Å². The van der Waals surface area contributed by atoms with Crippen molar-refractivity contribution in [1.29, 1.82) is 5.26 Å². The Labute approximate surface area is 125 Å². The van der Waals surface area contributed by atoms with Gasteiger partial charge in [-0.05, 0) is 18.6 Å². The lowest BCUT2D eigenvalue weighted by atomic mass is 10.0. The Morgan fingerprint density at radius 2 is 1.67 bits per heavy atom. The van der Waals surface area contributed by atoms with E-state index in [2.05, 4.69) is 42.2 Å².